The number of benzene rings is 4. The minimum absolute atomic E-state index is 1.08. The quantitative estimate of drug-likeness (QED) is 0.132. The van der Waals surface area contributed by atoms with Crippen molar-refractivity contribution in [2.75, 3.05) is 0 Å². The zero-order valence-corrected chi connectivity index (χ0v) is 25.1. The van der Waals surface area contributed by atoms with Gasteiger partial charge in [0, 0.05) is 0 Å². The van der Waals surface area contributed by atoms with Crippen LogP contribution in [-0.4, -0.2) is 3.26 Å². The summed E-state index contributed by atoms with van der Waals surface area (Å²) in [7, 11) is 0. The van der Waals surface area contributed by atoms with Crippen molar-refractivity contribution in [2.45, 2.75) is 27.7 Å². The van der Waals surface area contributed by atoms with Crippen molar-refractivity contribution in [3.8, 4) is 0 Å². The third kappa shape index (κ3) is 6.33. The summed E-state index contributed by atoms with van der Waals surface area (Å²) in [5.74, 6) is 0. The molecule has 0 saturated carbocycles. The molecular formula is C35H32Hf. The van der Waals surface area contributed by atoms with E-state index >= 15 is 0 Å². The van der Waals surface area contributed by atoms with E-state index in [1.165, 1.54) is 58.2 Å². The van der Waals surface area contributed by atoms with Gasteiger partial charge >= 0.3 is 112 Å². The van der Waals surface area contributed by atoms with Gasteiger partial charge in [0.15, 0.2) is 0 Å². The number of hydrogen-bond donors (Lipinski definition) is 0. The van der Waals surface area contributed by atoms with E-state index in [0.29, 0.717) is 0 Å². The largest absolute Gasteiger partial charge is 0.214 e. The summed E-state index contributed by atoms with van der Waals surface area (Å²) in [6.45, 7) is 8.68. The first-order valence-electron chi connectivity index (χ1n) is 12.4. The van der Waals surface area contributed by atoms with Gasteiger partial charge in [-0.05, 0) is 13.8 Å². The average Bonchev–Trinajstić information content (AvgIpc) is 3.57. The Morgan fingerprint density at radius 2 is 1.19 bits per heavy atom. The Morgan fingerprint density at radius 3 is 1.72 bits per heavy atom. The molecule has 0 saturated heterocycles. The molecule has 176 valence electrons. The van der Waals surface area contributed by atoms with Crippen LogP contribution in [0.25, 0.3) is 21.5 Å². The van der Waals surface area contributed by atoms with Gasteiger partial charge in [-0.1, -0.05) is 35.4 Å². The Labute approximate surface area is 230 Å². The molecule has 6 aromatic rings. The van der Waals surface area contributed by atoms with Crippen LogP contribution in [-0.2, 0) is 23.9 Å². The van der Waals surface area contributed by atoms with Gasteiger partial charge in [-0.2, -0.15) is 18.2 Å². The number of rotatable bonds is 2. The molecule has 0 amide bonds. The second-order valence-corrected chi connectivity index (χ2v) is 11.1. The standard InChI is InChI=1S/C15H13.C15H14.C5H5.Hf/c1-10-3-5-14-12(7-10)9-13-8-11(2)4-6-15(13)14;1-12-7-6-10-15(13(12)2)11-14-8-4-3-5-9-14;1-2-4-5-3-1;/h3-9H,1-2H3;3-10H,1-2H3;1-5H;/q-1;;-1;+2. The van der Waals surface area contributed by atoms with Crippen molar-refractivity contribution in [1.29, 1.82) is 0 Å². The Hall–Kier alpha value is -3.16. The van der Waals surface area contributed by atoms with E-state index in [-0.39, 0.29) is 0 Å². The fourth-order valence-electron chi connectivity index (χ4n) is 4.36. The van der Waals surface area contributed by atoms with Crippen molar-refractivity contribution in [2.24, 2.45) is 0 Å². The summed E-state index contributed by atoms with van der Waals surface area (Å²) >= 11 is 1.08. The Morgan fingerprint density at radius 1 is 0.611 bits per heavy atom. The summed E-state index contributed by atoms with van der Waals surface area (Å²) in [6, 6.07) is 42.9. The van der Waals surface area contributed by atoms with Crippen molar-refractivity contribution in [3.63, 3.8) is 0 Å². The molecule has 0 atom stereocenters. The second kappa shape index (κ2) is 12.2. The molecule has 36 heavy (non-hydrogen) atoms. The zero-order chi connectivity index (χ0) is 25.5. The van der Waals surface area contributed by atoms with Crippen LogP contribution in [0.5, 0.6) is 0 Å². The van der Waals surface area contributed by atoms with Gasteiger partial charge in [0.25, 0.3) is 0 Å². The monoisotopic (exact) mass is 632 g/mol. The minimum atomic E-state index is 1.08. The number of aryl methyl sites for hydroxylation is 3. The molecule has 0 nitrogen and oxygen atoms in total. The van der Waals surface area contributed by atoms with E-state index < -0.39 is 0 Å². The van der Waals surface area contributed by atoms with Gasteiger partial charge < -0.3 is 0 Å². The van der Waals surface area contributed by atoms with E-state index in [1.807, 2.05) is 30.3 Å². The van der Waals surface area contributed by atoms with Gasteiger partial charge in [0.1, 0.15) is 0 Å². The van der Waals surface area contributed by atoms with Crippen molar-refractivity contribution in [1.82, 2.24) is 0 Å². The van der Waals surface area contributed by atoms with Crippen LogP contribution in [0.15, 0.2) is 121 Å². The Kier molecular flexibility index (Phi) is 8.78. The molecular weight excluding hydrogens is 599 g/mol. The summed E-state index contributed by atoms with van der Waals surface area (Å²) in [5.41, 5.74) is 8.22. The summed E-state index contributed by atoms with van der Waals surface area (Å²) in [5, 5.41) is 5.46. The molecule has 0 unspecified atom stereocenters. The molecule has 0 bridgehead atoms. The third-order valence-electron chi connectivity index (χ3n) is 6.51. The molecule has 0 radical (unpaired) electrons. The number of fused-ring (bicyclic) bond motifs is 3. The fourth-order valence-corrected chi connectivity index (χ4v) is 5.94. The topological polar surface area (TPSA) is 0 Å². The van der Waals surface area contributed by atoms with Crippen LogP contribution in [0.3, 0.4) is 0 Å². The first-order valence-corrected chi connectivity index (χ1v) is 14.2. The predicted molar refractivity (Wildman–Crippen MR) is 154 cm³/mol. The van der Waals surface area contributed by atoms with Crippen LogP contribution in [0.2, 0.25) is 0 Å². The van der Waals surface area contributed by atoms with Gasteiger partial charge in [-0.25, -0.2) is 12.1 Å². The maximum Gasteiger partial charge on any atom is -0.172 e. The maximum atomic E-state index is 2.28. The fraction of sp³-hybridized carbons (Fsp3) is 0.114. The zero-order valence-electron chi connectivity index (χ0n) is 21.5. The Bertz CT molecular complexity index is 1490. The SMILES string of the molecule is Cc1ccc2c(c1)[cH-]c1cc(C)ccc12.Cc1cccc([C](=[Hf+2])c2ccccc2)c1C.c1cc[cH-]c1. The first-order chi connectivity index (χ1) is 17.4. The molecule has 0 aliphatic heterocycles. The van der Waals surface area contributed by atoms with Crippen molar-refractivity contribution >= 4 is 24.8 Å². The van der Waals surface area contributed by atoms with E-state index in [0.717, 1.165) is 23.9 Å². The smallest absolute Gasteiger partial charge is 0.172 e. The maximum absolute atomic E-state index is 2.28. The molecule has 1 heteroatoms. The molecule has 0 aliphatic rings. The van der Waals surface area contributed by atoms with E-state index in [1.54, 1.807) is 0 Å². The molecule has 6 aromatic carbocycles. The summed E-state index contributed by atoms with van der Waals surface area (Å²) < 4.78 is 1.49. The Balaban J connectivity index is 0.000000142. The first kappa shape index (κ1) is 25.9. The van der Waals surface area contributed by atoms with Gasteiger partial charge in [0.2, 0.25) is 0 Å². The average molecular weight is 631 g/mol. The molecule has 0 heterocycles. The van der Waals surface area contributed by atoms with Gasteiger partial charge in [-0.3, -0.25) is 0 Å². The van der Waals surface area contributed by atoms with Crippen molar-refractivity contribution in [3.05, 3.63) is 155 Å². The molecule has 0 fully saturated rings. The summed E-state index contributed by atoms with van der Waals surface area (Å²) in [6.07, 6.45) is 0. The van der Waals surface area contributed by atoms with E-state index in [9.17, 15) is 0 Å². The minimum Gasteiger partial charge on any atom is -0.214 e. The summed E-state index contributed by atoms with van der Waals surface area (Å²) in [4.78, 5) is 0. The van der Waals surface area contributed by atoms with Crippen molar-refractivity contribution < 1.29 is 23.9 Å². The van der Waals surface area contributed by atoms with Crippen LogP contribution in [0, 0.1) is 27.7 Å². The normalized spacial score (nSPS) is 10.4. The molecule has 0 spiro atoms. The third-order valence-corrected chi connectivity index (χ3v) is 8.51. The molecule has 0 N–H and O–H groups in total. The molecule has 0 aliphatic carbocycles. The van der Waals surface area contributed by atoms with Gasteiger partial charge in [0.05, 0.1) is 0 Å². The van der Waals surface area contributed by atoms with Crippen LogP contribution in [0.4, 0.5) is 0 Å². The van der Waals surface area contributed by atoms with E-state index in [4.69, 9.17) is 0 Å². The molecule has 0 aromatic heterocycles. The second-order valence-electron chi connectivity index (χ2n) is 9.28. The predicted octanol–water partition coefficient (Wildman–Crippen LogP) is 9.15. The molecule has 6 rings (SSSR count). The van der Waals surface area contributed by atoms with Crippen LogP contribution in [0.1, 0.15) is 33.4 Å². The van der Waals surface area contributed by atoms with Crippen LogP contribution < -0.4 is 0 Å². The van der Waals surface area contributed by atoms with E-state index in [2.05, 4.69) is 119 Å². The van der Waals surface area contributed by atoms with Gasteiger partial charge in [-0.15, -0.1) is 39.7 Å². The number of hydrogen-bond acceptors (Lipinski definition) is 0. The van der Waals surface area contributed by atoms with Crippen LogP contribution >= 0.6 is 0 Å².